The van der Waals surface area contributed by atoms with Crippen LogP contribution in [-0.2, 0) is 4.74 Å². The van der Waals surface area contributed by atoms with Crippen molar-refractivity contribution in [2.75, 3.05) is 25.5 Å². The van der Waals surface area contributed by atoms with Crippen LogP contribution in [-0.4, -0.2) is 43.2 Å². The van der Waals surface area contributed by atoms with Gasteiger partial charge in [-0.1, -0.05) is 12.1 Å². The van der Waals surface area contributed by atoms with Crippen LogP contribution in [0.25, 0.3) is 0 Å². The molecule has 0 aromatic heterocycles. The summed E-state index contributed by atoms with van der Waals surface area (Å²) in [6.45, 7) is 5.27. The Bertz CT molecular complexity index is 434. The van der Waals surface area contributed by atoms with Crippen molar-refractivity contribution in [1.29, 1.82) is 0 Å². The summed E-state index contributed by atoms with van der Waals surface area (Å²) in [5.41, 5.74) is 1.59. The Morgan fingerprint density at radius 2 is 2.11 bits per heavy atom. The van der Waals surface area contributed by atoms with Gasteiger partial charge in [-0.25, -0.2) is 0 Å². The molecule has 0 aliphatic carbocycles. The van der Waals surface area contributed by atoms with Gasteiger partial charge < -0.3 is 15.0 Å². The number of ether oxygens (including phenoxy) is 1. The van der Waals surface area contributed by atoms with E-state index in [0.29, 0.717) is 13.2 Å². The van der Waals surface area contributed by atoms with E-state index in [9.17, 15) is 4.79 Å². The second-order valence-electron chi connectivity index (χ2n) is 4.75. The van der Waals surface area contributed by atoms with Crippen LogP contribution in [0, 0.1) is 0 Å². The number of rotatable bonds is 2. The average molecular weight is 248 g/mol. The van der Waals surface area contributed by atoms with E-state index in [1.54, 1.807) is 0 Å². The highest BCUT2D eigenvalue weighted by molar-refractivity contribution is 5.99. The monoisotopic (exact) mass is 248 g/mol. The maximum atomic E-state index is 12.6. The number of hydrogen-bond donors (Lipinski definition) is 1. The van der Waals surface area contributed by atoms with Gasteiger partial charge in [-0.3, -0.25) is 4.79 Å². The highest BCUT2D eigenvalue weighted by Gasteiger charge is 2.29. The van der Waals surface area contributed by atoms with Gasteiger partial charge >= 0.3 is 0 Å². The molecule has 2 rings (SSSR count). The summed E-state index contributed by atoms with van der Waals surface area (Å²) >= 11 is 0. The number of carbonyl (C=O) groups is 1. The van der Waals surface area contributed by atoms with Crippen molar-refractivity contribution in [3.8, 4) is 0 Å². The third-order valence-corrected chi connectivity index (χ3v) is 3.30. The first-order chi connectivity index (χ1) is 8.63. The van der Waals surface area contributed by atoms with E-state index in [1.165, 1.54) is 0 Å². The number of nitrogens with zero attached hydrogens (tertiary/aromatic N) is 1. The molecule has 4 nitrogen and oxygen atoms in total. The molecule has 2 unspecified atom stereocenters. The molecular formula is C14H20N2O2. The van der Waals surface area contributed by atoms with Crippen molar-refractivity contribution in [3.63, 3.8) is 0 Å². The average Bonchev–Trinajstić information content (AvgIpc) is 2.40. The van der Waals surface area contributed by atoms with Gasteiger partial charge in [-0.05, 0) is 26.0 Å². The van der Waals surface area contributed by atoms with Crippen molar-refractivity contribution in [3.05, 3.63) is 29.8 Å². The molecule has 98 valence electrons. The summed E-state index contributed by atoms with van der Waals surface area (Å²) in [7, 11) is 1.83. The van der Waals surface area contributed by atoms with E-state index >= 15 is 0 Å². The third kappa shape index (κ3) is 2.48. The Morgan fingerprint density at radius 1 is 1.39 bits per heavy atom. The molecule has 4 heteroatoms. The van der Waals surface area contributed by atoms with Gasteiger partial charge in [0.2, 0.25) is 0 Å². The molecule has 1 saturated heterocycles. The molecule has 2 atom stereocenters. The molecule has 1 heterocycles. The number of amides is 1. The summed E-state index contributed by atoms with van der Waals surface area (Å²) in [4.78, 5) is 14.5. The van der Waals surface area contributed by atoms with Crippen LogP contribution in [0.15, 0.2) is 24.3 Å². The molecule has 0 saturated carbocycles. The Labute approximate surface area is 108 Å². The molecule has 1 amide bonds. The Balaban J connectivity index is 2.24. The van der Waals surface area contributed by atoms with Crippen molar-refractivity contribution >= 4 is 11.6 Å². The second kappa shape index (κ2) is 5.40. The molecule has 18 heavy (non-hydrogen) atoms. The van der Waals surface area contributed by atoms with E-state index in [4.69, 9.17) is 4.74 Å². The lowest BCUT2D eigenvalue weighted by molar-refractivity contribution is -0.0386. The summed E-state index contributed by atoms with van der Waals surface area (Å²) in [5.74, 6) is 0.0719. The van der Waals surface area contributed by atoms with Gasteiger partial charge in [0.25, 0.3) is 5.91 Å². The molecule has 1 aromatic carbocycles. The molecule has 0 bridgehead atoms. The lowest BCUT2D eigenvalue weighted by atomic mass is 10.1. The lowest BCUT2D eigenvalue weighted by Gasteiger charge is -2.37. The van der Waals surface area contributed by atoms with E-state index in [0.717, 1.165) is 11.3 Å². The number of benzene rings is 1. The fourth-order valence-corrected chi connectivity index (χ4v) is 2.23. The van der Waals surface area contributed by atoms with Gasteiger partial charge in [0.05, 0.1) is 24.3 Å². The number of morpholine rings is 1. The third-order valence-electron chi connectivity index (χ3n) is 3.30. The topological polar surface area (TPSA) is 41.6 Å². The number of carbonyl (C=O) groups excluding carboxylic acids is 1. The Kier molecular flexibility index (Phi) is 3.87. The highest BCUT2D eigenvalue weighted by Crippen LogP contribution is 2.20. The minimum absolute atomic E-state index is 0.0719. The Morgan fingerprint density at radius 3 is 2.83 bits per heavy atom. The minimum atomic E-state index is 0.0719. The van der Waals surface area contributed by atoms with Crippen LogP contribution in [0.4, 0.5) is 5.69 Å². The van der Waals surface area contributed by atoms with Crippen molar-refractivity contribution in [2.45, 2.75) is 26.0 Å². The fraction of sp³-hybridized carbons (Fsp3) is 0.500. The van der Waals surface area contributed by atoms with Gasteiger partial charge in [0.15, 0.2) is 0 Å². The summed E-state index contributed by atoms with van der Waals surface area (Å²) in [6, 6.07) is 7.72. The maximum Gasteiger partial charge on any atom is 0.256 e. The van der Waals surface area contributed by atoms with Crippen molar-refractivity contribution in [1.82, 2.24) is 4.90 Å². The van der Waals surface area contributed by atoms with Gasteiger partial charge in [0, 0.05) is 19.3 Å². The van der Waals surface area contributed by atoms with E-state index in [1.807, 2.05) is 50.1 Å². The van der Waals surface area contributed by atoms with Gasteiger partial charge in [-0.2, -0.15) is 0 Å². The number of nitrogens with one attached hydrogen (secondary N) is 1. The molecule has 0 spiro atoms. The summed E-state index contributed by atoms with van der Waals surface area (Å²) in [5, 5.41) is 3.06. The van der Waals surface area contributed by atoms with Crippen molar-refractivity contribution in [2.24, 2.45) is 0 Å². The maximum absolute atomic E-state index is 12.6. The summed E-state index contributed by atoms with van der Waals surface area (Å²) in [6.07, 6.45) is 0.104. The van der Waals surface area contributed by atoms with Crippen LogP contribution in [0.1, 0.15) is 24.2 Å². The van der Waals surface area contributed by atoms with Gasteiger partial charge in [0.1, 0.15) is 0 Å². The predicted octanol–water partition coefficient (Wildman–Crippen LogP) is 1.98. The first-order valence-electron chi connectivity index (χ1n) is 6.33. The largest absolute Gasteiger partial charge is 0.387 e. The molecule has 1 aliphatic rings. The fourth-order valence-electron chi connectivity index (χ4n) is 2.23. The number of para-hydroxylation sites is 1. The van der Waals surface area contributed by atoms with E-state index in [-0.39, 0.29) is 18.1 Å². The zero-order chi connectivity index (χ0) is 13.1. The van der Waals surface area contributed by atoms with E-state index in [2.05, 4.69) is 5.32 Å². The molecule has 1 fully saturated rings. The molecule has 1 N–H and O–H groups in total. The number of anilines is 1. The highest BCUT2D eigenvalue weighted by atomic mass is 16.5. The molecular weight excluding hydrogens is 228 g/mol. The quantitative estimate of drug-likeness (QED) is 0.870. The predicted molar refractivity (Wildman–Crippen MR) is 71.9 cm³/mol. The second-order valence-corrected chi connectivity index (χ2v) is 4.75. The summed E-state index contributed by atoms with van der Waals surface area (Å²) < 4.78 is 5.55. The minimum Gasteiger partial charge on any atom is -0.387 e. The molecule has 0 radical (unpaired) electrons. The normalized spacial score (nSPS) is 23.8. The standard InChI is InChI=1S/C14H20N2O2/c1-10-9-18-11(2)8-16(10)14(17)12-6-4-5-7-13(12)15-3/h4-7,10-11,15H,8-9H2,1-3H3. The first kappa shape index (κ1) is 12.9. The van der Waals surface area contributed by atoms with Crippen molar-refractivity contribution < 1.29 is 9.53 Å². The Hall–Kier alpha value is -1.55. The smallest absolute Gasteiger partial charge is 0.256 e. The van der Waals surface area contributed by atoms with Crippen LogP contribution >= 0.6 is 0 Å². The number of hydrogen-bond acceptors (Lipinski definition) is 3. The molecule has 1 aliphatic heterocycles. The van der Waals surface area contributed by atoms with Gasteiger partial charge in [-0.15, -0.1) is 0 Å². The van der Waals surface area contributed by atoms with Crippen LogP contribution < -0.4 is 5.32 Å². The van der Waals surface area contributed by atoms with Crippen LogP contribution in [0.3, 0.4) is 0 Å². The van der Waals surface area contributed by atoms with E-state index < -0.39 is 0 Å². The molecule has 1 aromatic rings. The zero-order valence-corrected chi connectivity index (χ0v) is 11.1. The van der Waals surface area contributed by atoms with Crippen LogP contribution in [0.2, 0.25) is 0 Å². The lowest BCUT2D eigenvalue weighted by Crippen LogP contribution is -2.50. The van der Waals surface area contributed by atoms with Crippen LogP contribution in [0.5, 0.6) is 0 Å². The SMILES string of the molecule is CNc1ccccc1C(=O)N1CC(C)OCC1C. The zero-order valence-electron chi connectivity index (χ0n) is 11.1. The first-order valence-corrected chi connectivity index (χ1v) is 6.33.